The van der Waals surface area contributed by atoms with Crippen LogP contribution in [0.1, 0.15) is 16.7 Å². The Morgan fingerprint density at radius 2 is 1.95 bits per heavy atom. The lowest BCUT2D eigenvalue weighted by Crippen LogP contribution is -2.08. The Balaban J connectivity index is 2.05. The number of aryl methyl sites for hydroxylation is 1. The van der Waals surface area contributed by atoms with Crippen molar-refractivity contribution in [1.82, 2.24) is 0 Å². The van der Waals surface area contributed by atoms with Crippen molar-refractivity contribution in [2.24, 2.45) is 0 Å². The van der Waals surface area contributed by atoms with E-state index in [1.54, 1.807) is 18.2 Å². The molecule has 0 aliphatic rings. The van der Waals surface area contributed by atoms with Crippen LogP contribution >= 0.6 is 0 Å². The fraction of sp³-hybridized carbons (Fsp3) is 0.188. The van der Waals surface area contributed by atoms with E-state index in [1.165, 1.54) is 12.1 Å². The zero-order chi connectivity index (χ0) is 13.8. The fourth-order valence-corrected chi connectivity index (χ4v) is 2.06. The molecule has 2 aromatic rings. The number of carbonyl (C=O) groups is 1. The van der Waals surface area contributed by atoms with E-state index in [1.807, 2.05) is 19.1 Å². The van der Waals surface area contributed by atoms with Crippen molar-refractivity contribution in [1.29, 1.82) is 0 Å². The van der Waals surface area contributed by atoms with E-state index in [0.29, 0.717) is 18.5 Å². The van der Waals surface area contributed by atoms with Gasteiger partial charge in [0, 0.05) is 18.5 Å². The Hall–Kier alpha value is -2.16. The third-order valence-electron chi connectivity index (χ3n) is 3.04. The van der Waals surface area contributed by atoms with Crippen LogP contribution < -0.4 is 5.73 Å². The molecular formula is C16H16FNO. The molecule has 0 amide bonds. The largest absolute Gasteiger partial charge is 0.399 e. The molecule has 3 heteroatoms. The highest BCUT2D eigenvalue weighted by Crippen LogP contribution is 2.13. The van der Waals surface area contributed by atoms with Crippen LogP contribution in [0.3, 0.4) is 0 Å². The lowest BCUT2D eigenvalue weighted by molar-refractivity contribution is -0.117. The van der Waals surface area contributed by atoms with E-state index in [9.17, 15) is 9.18 Å². The first-order valence-electron chi connectivity index (χ1n) is 6.16. The maximum Gasteiger partial charge on any atom is 0.141 e. The Labute approximate surface area is 112 Å². The molecule has 98 valence electrons. The topological polar surface area (TPSA) is 43.1 Å². The van der Waals surface area contributed by atoms with E-state index < -0.39 is 0 Å². The van der Waals surface area contributed by atoms with Gasteiger partial charge in [-0.25, -0.2) is 4.39 Å². The van der Waals surface area contributed by atoms with Crippen molar-refractivity contribution in [3.8, 4) is 0 Å². The maximum atomic E-state index is 13.0. The molecule has 0 bridgehead atoms. The summed E-state index contributed by atoms with van der Waals surface area (Å²) in [7, 11) is 0. The monoisotopic (exact) mass is 257 g/mol. The first-order valence-corrected chi connectivity index (χ1v) is 6.16. The molecule has 0 saturated carbocycles. The maximum absolute atomic E-state index is 13.0. The van der Waals surface area contributed by atoms with Crippen LogP contribution in [-0.4, -0.2) is 5.78 Å². The smallest absolute Gasteiger partial charge is 0.141 e. The average molecular weight is 257 g/mol. The number of halogens is 1. The quantitative estimate of drug-likeness (QED) is 0.855. The van der Waals surface area contributed by atoms with Gasteiger partial charge in [0.15, 0.2) is 0 Å². The van der Waals surface area contributed by atoms with Gasteiger partial charge in [0.1, 0.15) is 11.6 Å². The third kappa shape index (κ3) is 3.65. The minimum Gasteiger partial charge on any atom is -0.399 e. The molecule has 0 heterocycles. The molecule has 0 spiro atoms. The van der Waals surface area contributed by atoms with E-state index >= 15 is 0 Å². The number of benzene rings is 2. The van der Waals surface area contributed by atoms with Crippen LogP contribution in [0.2, 0.25) is 0 Å². The molecule has 0 aliphatic carbocycles. The van der Waals surface area contributed by atoms with Gasteiger partial charge in [0.2, 0.25) is 0 Å². The van der Waals surface area contributed by atoms with Crippen LogP contribution in [0.15, 0.2) is 42.5 Å². The molecular weight excluding hydrogens is 241 g/mol. The van der Waals surface area contributed by atoms with E-state index in [4.69, 9.17) is 5.73 Å². The molecule has 0 aliphatic heterocycles. The molecule has 0 aromatic heterocycles. The Kier molecular flexibility index (Phi) is 3.95. The summed E-state index contributed by atoms with van der Waals surface area (Å²) in [6.45, 7) is 1.81. The van der Waals surface area contributed by atoms with Crippen molar-refractivity contribution in [3.63, 3.8) is 0 Å². The van der Waals surface area contributed by atoms with Gasteiger partial charge >= 0.3 is 0 Å². The number of nitrogens with two attached hydrogens (primary N) is 1. The van der Waals surface area contributed by atoms with Crippen molar-refractivity contribution in [3.05, 3.63) is 65.0 Å². The molecule has 0 fully saturated rings. The van der Waals surface area contributed by atoms with E-state index in [0.717, 1.165) is 16.7 Å². The number of Topliss-reactive ketones (excluding diaryl/α,β-unsaturated/α-hetero) is 1. The fourth-order valence-electron chi connectivity index (χ4n) is 2.06. The van der Waals surface area contributed by atoms with Crippen LogP contribution in [0, 0.1) is 12.7 Å². The minimum atomic E-state index is -0.274. The van der Waals surface area contributed by atoms with Gasteiger partial charge in [0.25, 0.3) is 0 Å². The summed E-state index contributed by atoms with van der Waals surface area (Å²) in [6, 6.07) is 11.8. The van der Waals surface area contributed by atoms with Gasteiger partial charge in [0.05, 0.1) is 0 Å². The lowest BCUT2D eigenvalue weighted by atomic mass is 9.99. The molecule has 0 unspecified atom stereocenters. The summed E-state index contributed by atoms with van der Waals surface area (Å²) >= 11 is 0. The molecule has 2 rings (SSSR count). The normalized spacial score (nSPS) is 10.4. The number of carbonyl (C=O) groups excluding carboxylic acids is 1. The number of hydrogen-bond acceptors (Lipinski definition) is 2. The molecule has 2 aromatic carbocycles. The Morgan fingerprint density at radius 1 is 1.16 bits per heavy atom. The van der Waals surface area contributed by atoms with Gasteiger partial charge in [-0.05, 0) is 47.9 Å². The van der Waals surface area contributed by atoms with Gasteiger partial charge < -0.3 is 5.73 Å². The van der Waals surface area contributed by atoms with Crippen molar-refractivity contribution < 1.29 is 9.18 Å². The predicted octanol–water partition coefficient (Wildman–Crippen LogP) is 3.07. The third-order valence-corrected chi connectivity index (χ3v) is 3.04. The van der Waals surface area contributed by atoms with Gasteiger partial charge in [-0.2, -0.15) is 0 Å². The zero-order valence-corrected chi connectivity index (χ0v) is 10.8. The van der Waals surface area contributed by atoms with Crippen molar-refractivity contribution in [2.75, 3.05) is 5.73 Å². The highest BCUT2D eigenvalue weighted by atomic mass is 19.1. The van der Waals surface area contributed by atoms with Crippen LogP contribution in [-0.2, 0) is 17.6 Å². The summed E-state index contributed by atoms with van der Waals surface area (Å²) < 4.78 is 13.0. The molecule has 19 heavy (non-hydrogen) atoms. The van der Waals surface area contributed by atoms with Crippen LogP contribution in [0.4, 0.5) is 10.1 Å². The average Bonchev–Trinajstić information content (AvgIpc) is 2.33. The molecule has 2 nitrogen and oxygen atoms in total. The molecule has 0 radical (unpaired) electrons. The number of rotatable bonds is 4. The molecule has 2 N–H and O–H groups in total. The van der Waals surface area contributed by atoms with Crippen molar-refractivity contribution in [2.45, 2.75) is 19.8 Å². The number of nitrogen functional groups attached to an aromatic ring is 1. The Bertz CT molecular complexity index is 607. The number of hydrogen-bond donors (Lipinski definition) is 1. The Morgan fingerprint density at radius 3 is 2.63 bits per heavy atom. The lowest BCUT2D eigenvalue weighted by Gasteiger charge is -2.06. The highest BCUT2D eigenvalue weighted by Gasteiger charge is 2.08. The van der Waals surface area contributed by atoms with Gasteiger partial charge in [-0.3, -0.25) is 4.79 Å². The van der Waals surface area contributed by atoms with E-state index in [-0.39, 0.29) is 11.6 Å². The second kappa shape index (κ2) is 5.65. The molecule has 0 atom stereocenters. The molecule has 0 saturated heterocycles. The van der Waals surface area contributed by atoms with Crippen LogP contribution in [0.25, 0.3) is 0 Å². The number of ketones is 1. The summed E-state index contributed by atoms with van der Waals surface area (Å²) in [5.74, 6) is -0.176. The summed E-state index contributed by atoms with van der Waals surface area (Å²) in [5, 5.41) is 0. The zero-order valence-electron chi connectivity index (χ0n) is 10.8. The summed E-state index contributed by atoms with van der Waals surface area (Å²) in [4.78, 5) is 12.0. The van der Waals surface area contributed by atoms with Crippen molar-refractivity contribution >= 4 is 11.5 Å². The standard InChI is InChI=1S/C16H16FNO/c1-11-7-14(17)6-5-13(11)10-16(19)9-12-3-2-4-15(18)8-12/h2-8H,9-10,18H2,1H3. The van der Waals surface area contributed by atoms with E-state index in [2.05, 4.69) is 0 Å². The van der Waals surface area contributed by atoms with Gasteiger partial charge in [-0.15, -0.1) is 0 Å². The summed E-state index contributed by atoms with van der Waals surface area (Å²) in [6.07, 6.45) is 0.669. The second-order valence-corrected chi connectivity index (χ2v) is 4.71. The highest BCUT2D eigenvalue weighted by molar-refractivity contribution is 5.83. The first kappa shape index (κ1) is 13.3. The number of anilines is 1. The van der Waals surface area contributed by atoms with Gasteiger partial charge in [-0.1, -0.05) is 18.2 Å². The summed E-state index contributed by atoms with van der Waals surface area (Å²) in [5.41, 5.74) is 8.91. The predicted molar refractivity (Wildman–Crippen MR) is 74.4 cm³/mol. The van der Waals surface area contributed by atoms with Crippen LogP contribution in [0.5, 0.6) is 0 Å². The minimum absolute atomic E-state index is 0.0975. The first-order chi connectivity index (χ1) is 9.04. The SMILES string of the molecule is Cc1cc(F)ccc1CC(=O)Cc1cccc(N)c1. The second-order valence-electron chi connectivity index (χ2n) is 4.71.